The standard InChI is InChI=1S/C8H7ClF3NO2/c1-13-3-4(9)6(14)7(15)5(13)2-8(10,11)12/h3,15H,2H2,1H3. The molecule has 0 saturated heterocycles. The molecular weight excluding hydrogens is 235 g/mol. The number of aromatic hydroxyl groups is 1. The van der Waals surface area contributed by atoms with Crippen molar-refractivity contribution in [1.29, 1.82) is 0 Å². The van der Waals surface area contributed by atoms with E-state index in [1.54, 1.807) is 0 Å². The fourth-order valence-corrected chi connectivity index (χ4v) is 1.35. The largest absolute Gasteiger partial charge is 0.503 e. The van der Waals surface area contributed by atoms with Crippen molar-refractivity contribution in [2.24, 2.45) is 7.05 Å². The Hall–Kier alpha value is -1.17. The lowest BCUT2D eigenvalue weighted by atomic mass is 10.2. The van der Waals surface area contributed by atoms with Crippen LogP contribution in [0.2, 0.25) is 5.02 Å². The van der Waals surface area contributed by atoms with E-state index in [1.165, 1.54) is 7.05 Å². The SMILES string of the molecule is Cn1cc(Cl)c(=O)c(O)c1CC(F)(F)F. The minimum absolute atomic E-state index is 0.319. The number of pyridine rings is 1. The maximum atomic E-state index is 12.1. The van der Waals surface area contributed by atoms with Crippen LogP contribution in [0.1, 0.15) is 5.69 Å². The highest BCUT2D eigenvalue weighted by molar-refractivity contribution is 6.30. The van der Waals surface area contributed by atoms with Crippen LogP contribution in [0.15, 0.2) is 11.0 Å². The van der Waals surface area contributed by atoms with Gasteiger partial charge >= 0.3 is 6.18 Å². The average Bonchev–Trinajstić information content (AvgIpc) is 2.07. The molecule has 15 heavy (non-hydrogen) atoms. The lowest BCUT2D eigenvalue weighted by Crippen LogP contribution is -2.19. The summed E-state index contributed by atoms with van der Waals surface area (Å²) in [5.41, 5.74) is -1.49. The number of halogens is 4. The monoisotopic (exact) mass is 241 g/mol. The third-order valence-electron chi connectivity index (χ3n) is 1.81. The predicted octanol–water partition coefficient (Wildman–Crippen LogP) is 1.85. The first kappa shape index (κ1) is 11.9. The zero-order valence-corrected chi connectivity index (χ0v) is 8.35. The van der Waals surface area contributed by atoms with E-state index >= 15 is 0 Å². The summed E-state index contributed by atoms with van der Waals surface area (Å²) in [6, 6.07) is 0. The molecule has 0 aliphatic rings. The van der Waals surface area contributed by atoms with Crippen LogP contribution >= 0.6 is 11.6 Å². The Morgan fingerprint density at radius 1 is 1.53 bits per heavy atom. The lowest BCUT2D eigenvalue weighted by molar-refractivity contribution is -0.128. The molecule has 0 fully saturated rings. The summed E-state index contributed by atoms with van der Waals surface area (Å²) >= 11 is 5.39. The number of alkyl halides is 3. The Bertz CT molecular complexity index is 439. The zero-order valence-electron chi connectivity index (χ0n) is 7.60. The van der Waals surface area contributed by atoms with E-state index in [0.29, 0.717) is 0 Å². The number of rotatable bonds is 1. The number of aryl methyl sites for hydroxylation is 1. The van der Waals surface area contributed by atoms with Gasteiger partial charge in [-0.1, -0.05) is 11.6 Å². The third kappa shape index (κ3) is 2.65. The van der Waals surface area contributed by atoms with Crippen molar-refractivity contribution < 1.29 is 18.3 Å². The van der Waals surface area contributed by atoms with Gasteiger partial charge in [0.2, 0.25) is 5.43 Å². The first-order valence-electron chi connectivity index (χ1n) is 3.86. The molecule has 0 aliphatic carbocycles. The highest BCUT2D eigenvalue weighted by Crippen LogP contribution is 2.25. The van der Waals surface area contributed by atoms with Gasteiger partial charge in [-0.25, -0.2) is 0 Å². The maximum absolute atomic E-state index is 12.1. The Balaban J connectivity index is 3.31. The quantitative estimate of drug-likeness (QED) is 0.815. The highest BCUT2D eigenvalue weighted by Gasteiger charge is 2.31. The van der Waals surface area contributed by atoms with Gasteiger partial charge in [-0.3, -0.25) is 4.79 Å². The van der Waals surface area contributed by atoms with Gasteiger partial charge in [0.25, 0.3) is 0 Å². The molecule has 0 radical (unpaired) electrons. The summed E-state index contributed by atoms with van der Waals surface area (Å²) in [6.07, 6.45) is -4.83. The van der Waals surface area contributed by atoms with Crippen LogP contribution in [-0.4, -0.2) is 15.8 Å². The summed E-state index contributed by atoms with van der Waals surface area (Å²) in [7, 11) is 1.27. The molecule has 0 spiro atoms. The van der Waals surface area contributed by atoms with Gasteiger partial charge in [0, 0.05) is 13.2 Å². The van der Waals surface area contributed by atoms with Gasteiger partial charge in [0.05, 0.1) is 12.1 Å². The van der Waals surface area contributed by atoms with Crippen molar-refractivity contribution >= 4 is 11.6 Å². The van der Waals surface area contributed by atoms with Crippen LogP contribution in [0, 0.1) is 0 Å². The van der Waals surface area contributed by atoms with Crippen LogP contribution in [0.25, 0.3) is 0 Å². The van der Waals surface area contributed by atoms with Crippen LogP contribution < -0.4 is 5.43 Å². The fourth-order valence-electron chi connectivity index (χ4n) is 1.12. The van der Waals surface area contributed by atoms with Crippen molar-refractivity contribution in [2.75, 3.05) is 0 Å². The second-order valence-electron chi connectivity index (χ2n) is 3.00. The summed E-state index contributed by atoms with van der Waals surface area (Å²) in [4.78, 5) is 11.1. The first-order chi connectivity index (χ1) is 6.72. The lowest BCUT2D eigenvalue weighted by Gasteiger charge is -2.12. The minimum atomic E-state index is -4.49. The fraction of sp³-hybridized carbons (Fsp3) is 0.375. The Kier molecular flexibility index (Phi) is 2.99. The molecule has 1 rings (SSSR count). The summed E-state index contributed by atoms with van der Waals surface area (Å²) < 4.78 is 37.2. The van der Waals surface area contributed by atoms with Gasteiger partial charge in [-0.15, -0.1) is 0 Å². The van der Waals surface area contributed by atoms with E-state index in [2.05, 4.69) is 0 Å². The van der Waals surface area contributed by atoms with Crippen molar-refractivity contribution in [1.82, 2.24) is 4.57 Å². The maximum Gasteiger partial charge on any atom is 0.394 e. The van der Waals surface area contributed by atoms with Crippen molar-refractivity contribution in [3.05, 3.63) is 27.1 Å². The number of aromatic nitrogens is 1. The Labute approximate surface area is 87.7 Å². The van der Waals surface area contributed by atoms with Crippen molar-refractivity contribution in [3.63, 3.8) is 0 Å². The van der Waals surface area contributed by atoms with Gasteiger partial charge in [-0.2, -0.15) is 13.2 Å². The van der Waals surface area contributed by atoms with Crippen molar-refractivity contribution in [3.8, 4) is 5.75 Å². The van der Waals surface area contributed by atoms with Gasteiger partial charge in [0.15, 0.2) is 5.75 Å². The number of hydrogen-bond acceptors (Lipinski definition) is 2. The topological polar surface area (TPSA) is 42.2 Å². The van der Waals surface area contributed by atoms with E-state index in [1.807, 2.05) is 0 Å². The van der Waals surface area contributed by atoms with E-state index < -0.39 is 29.5 Å². The predicted molar refractivity (Wildman–Crippen MR) is 48.1 cm³/mol. The van der Waals surface area contributed by atoms with Crippen LogP contribution in [0.3, 0.4) is 0 Å². The number of hydrogen-bond donors (Lipinski definition) is 1. The second-order valence-corrected chi connectivity index (χ2v) is 3.41. The molecule has 0 unspecified atom stereocenters. The van der Waals surface area contributed by atoms with E-state index in [-0.39, 0.29) is 5.02 Å². The second kappa shape index (κ2) is 3.77. The summed E-state index contributed by atoms with van der Waals surface area (Å²) in [5.74, 6) is -0.956. The normalized spacial score (nSPS) is 11.8. The Morgan fingerprint density at radius 3 is 2.53 bits per heavy atom. The number of nitrogens with zero attached hydrogens (tertiary/aromatic N) is 1. The van der Waals surface area contributed by atoms with Crippen LogP contribution in [0.5, 0.6) is 5.75 Å². The van der Waals surface area contributed by atoms with Crippen LogP contribution in [0.4, 0.5) is 13.2 Å². The van der Waals surface area contributed by atoms with E-state index in [9.17, 15) is 23.1 Å². The molecule has 0 aliphatic heterocycles. The van der Waals surface area contributed by atoms with Crippen LogP contribution in [-0.2, 0) is 13.5 Å². The molecule has 0 aromatic carbocycles. The van der Waals surface area contributed by atoms with Gasteiger partial charge in [0.1, 0.15) is 5.02 Å². The zero-order chi connectivity index (χ0) is 11.8. The first-order valence-corrected chi connectivity index (χ1v) is 4.24. The third-order valence-corrected chi connectivity index (χ3v) is 2.08. The molecule has 0 atom stereocenters. The molecule has 0 amide bonds. The molecule has 0 bridgehead atoms. The molecule has 0 saturated carbocycles. The molecule has 1 aromatic rings. The minimum Gasteiger partial charge on any atom is -0.503 e. The molecule has 7 heteroatoms. The van der Waals surface area contributed by atoms with E-state index in [0.717, 1.165) is 10.8 Å². The molecule has 1 aromatic heterocycles. The molecule has 3 nitrogen and oxygen atoms in total. The summed E-state index contributed by atoms with van der Waals surface area (Å²) in [5, 5.41) is 8.89. The van der Waals surface area contributed by atoms with Gasteiger partial charge < -0.3 is 9.67 Å². The average molecular weight is 242 g/mol. The molecule has 1 heterocycles. The van der Waals surface area contributed by atoms with Gasteiger partial charge in [-0.05, 0) is 0 Å². The van der Waals surface area contributed by atoms with Crippen molar-refractivity contribution in [2.45, 2.75) is 12.6 Å². The smallest absolute Gasteiger partial charge is 0.394 e. The Morgan fingerprint density at radius 2 is 2.07 bits per heavy atom. The van der Waals surface area contributed by atoms with E-state index in [4.69, 9.17) is 11.6 Å². The highest BCUT2D eigenvalue weighted by atomic mass is 35.5. The molecule has 1 N–H and O–H groups in total. The molecule has 84 valence electrons. The molecular formula is C8H7ClF3NO2. The summed E-state index contributed by atoms with van der Waals surface area (Å²) in [6.45, 7) is 0.